The van der Waals surface area contributed by atoms with Crippen molar-refractivity contribution in [2.75, 3.05) is 0 Å². The van der Waals surface area contributed by atoms with Crippen LogP contribution in [0.25, 0.3) is 0 Å². The van der Waals surface area contributed by atoms with E-state index in [0.29, 0.717) is 0 Å². The predicted octanol–water partition coefficient (Wildman–Crippen LogP) is -2.61. The van der Waals surface area contributed by atoms with Gasteiger partial charge in [0.15, 0.2) is 0 Å². The maximum atomic E-state index is 7.33. The summed E-state index contributed by atoms with van der Waals surface area (Å²) in [4.78, 5) is 29.3. The SMILES string of the molecule is O[Si](O)(O)O.[Er].[Y].[Yb]. The van der Waals surface area contributed by atoms with Crippen molar-refractivity contribution >= 4 is 9.05 Å². The van der Waals surface area contributed by atoms with Crippen LogP contribution in [-0.2, 0) is 32.7 Å². The van der Waals surface area contributed by atoms with Gasteiger partial charge in [-0.1, -0.05) is 0 Å². The Morgan fingerprint density at radius 3 is 0.875 bits per heavy atom. The van der Waals surface area contributed by atoms with Crippen LogP contribution >= 0.6 is 0 Å². The third-order valence-electron chi connectivity index (χ3n) is 0. The quantitative estimate of drug-likeness (QED) is 0.262. The zero-order valence-corrected chi connectivity index (χ0v) is 10.8. The van der Waals surface area contributed by atoms with Crippen molar-refractivity contribution < 1.29 is 136 Å². The Kier molecular flexibility index (Phi) is 31.0. The topological polar surface area (TPSA) is 80.9 Å². The second-order valence-electron chi connectivity index (χ2n) is 0.600. The summed E-state index contributed by atoms with van der Waals surface area (Å²) < 4.78 is 0. The molecular weight excluding hydrogens is 521 g/mol. The zero-order chi connectivity index (χ0) is 4.50. The first-order chi connectivity index (χ1) is 2.00. The second-order valence-corrected chi connectivity index (χ2v) is 1.80. The van der Waals surface area contributed by atoms with E-state index in [4.69, 9.17) is 19.2 Å². The molecule has 0 aliphatic rings. The van der Waals surface area contributed by atoms with Crippen LogP contribution in [0.3, 0.4) is 0 Å². The molecule has 0 rings (SSSR count). The maximum Gasteiger partial charge on any atom is 0.668 e. The van der Waals surface area contributed by atoms with Crippen molar-refractivity contribution in [2.24, 2.45) is 0 Å². The molecule has 8 heteroatoms. The van der Waals surface area contributed by atoms with Gasteiger partial charge in [0, 0.05) is 117 Å². The number of hydrogen-bond acceptors (Lipinski definition) is 4. The molecule has 0 aliphatic heterocycles. The molecule has 8 heavy (non-hydrogen) atoms. The van der Waals surface area contributed by atoms with Gasteiger partial charge in [-0.3, -0.25) is 0 Å². The predicted molar refractivity (Wildman–Crippen MR) is 14.6 cm³/mol. The Bertz CT molecular complexity index is 31.5. The van der Waals surface area contributed by atoms with Crippen molar-refractivity contribution in [1.82, 2.24) is 0 Å². The smallest absolute Gasteiger partial charge is 0.368 e. The van der Waals surface area contributed by atoms with Crippen molar-refractivity contribution in [3.05, 3.63) is 0 Å². The first-order valence-electron chi connectivity index (χ1n) is 0.894. The van der Waals surface area contributed by atoms with Crippen LogP contribution in [0.4, 0.5) is 0 Å². The van der Waals surface area contributed by atoms with E-state index in [1.54, 1.807) is 0 Å². The maximum absolute atomic E-state index is 7.33. The molecule has 0 atom stereocenters. The van der Waals surface area contributed by atoms with E-state index in [1.165, 1.54) is 0 Å². The van der Waals surface area contributed by atoms with E-state index >= 15 is 0 Å². The van der Waals surface area contributed by atoms with Gasteiger partial charge in [-0.15, -0.1) is 0 Å². The van der Waals surface area contributed by atoms with Crippen molar-refractivity contribution in [2.45, 2.75) is 0 Å². The molecule has 0 aromatic rings. The van der Waals surface area contributed by atoms with Crippen LogP contribution in [0.1, 0.15) is 0 Å². The van der Waals surface area contributed by atoms with E-state index in [9.17, 15) is 0 Å². The average Bonchev–Trinajstić information content (AvgIpc) is 0.722. The molecular formula is H4ErO4SiYYb. The number of hydrogen-bond donors (Lipinski definition) is 4. The minimum Gasteiger partial charge on any atom is -0.368 e. The molecule has 4 N–H and O–H groups in total. The minimum atomic E-state index is -4.61. The zero-order valence-electron chi connectivity index (χ0n) is 3.42. The van der Waals surface area contributed by atoms with Gasteiger partial charge in [-0.2, -0.15) is 0 Å². The fraction of sp³-hybridized carbons (Fsp3) is 0. The molecule has 0 spiro atoms. The summed E-state index contributed by atoms with van der Waals surface area (Å²) in [5.74, 6) is 0. The molecule has 0 bridgehead atoms. The standard InChI is InChI=1S/Er.H4O4Si.Y.Yb/c;1-5(2,3)4;;/h;1-4H;;. The fourth-order valence-corrected chi connectivity index (χ4v) is 0. The summed E-state index contributed by atoms with van der Waals surface area (Å²) in [7, 11) is -4.61. The van der Waals surface area contributed by atoms with Gasteiger partial charge in [0.25, 0.3) is 0 Å². The molecule has 0 saturated carbocycles. The third kappa shape index (κ3) is 51.3. The van der Waals surface area contributed by atoms with Gasteiger partial charge >= 0.3 is 9.05 Å². The van der Waals surface area contributed by atoms with E-state index in [-0.39, 0.29) is 117 Å². The van der Waals surface area contributed by atoms with Gasteiger partial charge in [-0.25, -0.2) is 0 Å². The molecule has 1 radical (unpaired) electrons. The normalized spacial score (nSPS) is 7.50. The van der Waals surface area contributed by atoms with E-state index in [1.807, 2.05) is 0 Å². The van der Waals surface area contributed by atoms with Crippen LogP contribution in [0.15, 0.2) is 0 Å². The molecule has 0 aromatic carbocycles. The Hall–Kier alpha value is 3.93. The first kappa shape index (κ1) is 22.7. The van der Waals surface area contributed by atoms with Crippen LogP contribution in [0.5, 0.6) is 0 Å². The molecule has 0 fully saturated rings. The van der Waals surface area contributed by atoms with E-state index < -0.39 is 9.05 Å². The van der Waals surface area contributed by atoms with Gasteiger partial charge in [-0.05, 0) is 0 Å². The Morgan fingerprint density at radius 1 is 0.875 bits per heavy atom. The summed E-state index contributed by atoms with van der Waals surface area (Å²) in [6, 6.07) is 0. The van der Waals surface area contributed by atoms with Gasteiger partial charge < -0.3 is 19.2 Å². The van der Waals surface area contributed by atoms with Gasteiger partial charge in [0.1, 0.15) is 0 Å². The molecule has 0 amide bonds. The summed E-state index contributed by atoms with van der Waals surface area (Å²) in [5.41, 5.74) is 0. The van der Waals surface area contributed by atoms with Gasteiger partial charge in [0.2, 0.25) is 0 Å². The molecule has 0 aromatic heterocycles. The number of rotatable bonds is 0. The molecule has 0 saturated heterocycles. The molecule has 4 nitrogen and oxygen atoms in total. The van der Waals surface area contributed by atoms with E-state index in [2.05, 4.69) is 0 Å². The van der Waals surface area contributed by atoms with Crippen molar-refractivity contribution in [3.8, 4) is 0 Å². The molecule has 0 aliphatic carbocycles. The summed E-state index contributed by atoms with van der Waals surface area (Å²) in [6.07, 6.45) is 0. The molecule has 61 valence electrons. The van der Waals surface area contributed by atoms with Crippen LogP contribution in [0, 0.1) is 84.2 Å². The second kappa shape index (κ2) is 10.9. The Morgan fingerprint density at radius 2 is 0.875 bits per heavy atom. The van der Waals surface area contributed by atoms with Gasteiger partial charge in [0.05, 0.1) is 0 Å². The van der Waals surface area contributed by atoms with Crippen LogP contribution in [0.2, 0.25) is 0 Å². The van der Waals surface area contributed by atoms with Crippen LogP contribution < -0.4 is 0 Å². The van der Waals surface area contributed by atoms with Crippen molar-refractivity contribution in [3.63, 3.8) is 0 Å². The first-order valence-corrected chi connectivity index (χ1v) is 2.68. The molecule has 0 heterocycles. The largest absolute Gasteiger partial charge is 0.668 e. The Balaban J connectivity index is -0.0000000267. The third-order valence-corrected chi connectivity index (χ3v) is 0. The minimum absolute atomic E-state index is 0. The monoisotopic (exact) mass is 525 g/mol. The summed E-state index contributed by atoms with van der Waals surface area (Å²) in [5, 5.41) is 0. The molecule has 0 unspecified atom stereocenters. The average molecular weight is 525 g/mol. The fourth-order valence-electron chi connectivity index (χ4n) is 0. The van der Waals surface area contributed by atoms with Crippen molar-refractivity contribution in [1.29, 1.82) is 0 Å². The van der Waals surface area contributed by atoms with E-state index in [0.717, 1.165) is 0 Å². The Labute approximate surface area is 141 Å². The summed E-state index contributed by atoms with van der Waals surface area (Å²) >= 11 is 0. The summed E-state index contributed by atoms with van der Waals surface area (Å²) in [6.45, 7) is 0. The van der Waals surface area contributed by atoms with Crippen LogP contribution in [-0.4, -0.2) is 28.2 Å².